The quantitative estimate of drug-likeness (QED) is 0.532. The van der Waals surface area contributed by atoms with Crippen LogP contribution in [0.25, 0.3) is 10.4 Å². The monoisotopic (exact) mass is 491 g/mol. The molecule has 0 radical (unpaired) electrons. The number of nitrogens with zero attached hydrogens (tertiary/aromatic N) is 2. The molecule has 5 rings (SSSR count). The van der Waals surface area contributed by atoms with Crippen molar-refractivity contribution in [2.45, 2.75) is 26.3 Å². The van der Waals surface area contributed by atoms with Crippen LogP contribution in [0.2, 0.25) is 0 Å². The van der Waals surface area contributed by atoms with E-state index in [0.29, 0.717) is 47.7 Å². The van der Waals surface area contributed by atoms with E-state index in [1.54, 1.807) is 43.8 Å². The number of aryl methyl sites for hydroxylation is 2. The number of nitrogens with one attached hydrogen (secondary N) is 1. The molecule has 182 valence electrons. The van der Waals surface area contributed by atoms with E-state index in [4.69, 9.17) is 9.47 Å². The van der Waals surface area contributed by atoms with Gasteiger partial charge in [-0.25, -0.2) is 4.98 Å². The van der Waals surface area contributed by atoms with Crippen LogP contribution in [0.1, 0.15) is 37.8 Å². The van der Waals surface area contributed by atoms with Crippen LogP contribution >= 0.6 is 11.3 Å². The summed E-state index contributed by atoms with van der Waals surface area (Å²) < 4.78 is 10.6. The number of amides is 2. The van der Waals surface area contributed by atoms with Gasteiger partial charge in [-0.1, -0.05) is 29.8 Å². The number of carbonyl (C=O) groups is 2. The first-order valence-corrected chi connectivity index (χ1v) is 12.6. The second-order valence-corrected chi connectivity index (χ2v) is 10.4. The first-order chi connectivity index (χ1) is 16.9. The lowest BCUT2D eigenvalue weighted by atomic mass is 10.1. The normalized spacial score (nSPS) is 20.3. The minimum absolute atomic E-state index is 0.0380. The van der Waals surface area contributed by atoms with Gasteiger partial charge in [0.1, 0.15) is 5.69 Å². The number of thiazole rings is 1. The number of ether oxygens (including phenoxy) is 2. The van der Waals surface area contributed by atoms with Gasteiger partial charge in [0, 0.05) is 18.7 Å². The Morgan fingerprint density at radius 1 is 1.11 bits per heavy atom. The van der Waals surface area contributed by atoms with Crippen molar-refractivity contribution in [3.05, 3.63) is 64.3 Å². The predicted octanol–water partition coefficient (Wildman–Crippen LogP) is 4.33. The van der Waals surface area contributed by atoms with E-state index >= 15 is 0 Å². The van der Waals surface area contributed by atoms with Crippen LogP contribution in [0.15, 0.2) is 42.5 Å². The Bertz CT molecular complexity index is 1290. The average molecular weight is 492 g/mol. The zero-order chi connectivity index (χ0) is 24.7. The van der Waals surface area contributed by atoms with E-state index in [2.05, 4.69) is 16.4 Å². The smallest absolute Gasteiger partial charge is 0.274 e. The topological polar surface area (TPSA) is 80.8 Å². The highest BCUT2D eigenvalue weighted by Crippen LogP contribution is 2.50. The Hall–Kier alpha value is -3.39. The maximum atomic E-state index is 13.7. The second-order valence-electron chi connectivity index (χ2n) is 9.24. The summed E-state index contributed by atoms with van der Waals surface area (Å²) in [5.41, 5.74) is 3.16. The lowest BCUT2D eigenvalue weighted by molar-refractivity contribution is 0.0690. The van der Waals surface area contributed by atoms with Crippen LogP contribution < -0.4 is 14.8 Å². The summed E-state index contributed by atoms with van der Waals surface area (Å²) in [6, 6.07) is 13.2. The molecule has 8 heteroatoms. The largest absolute Gasteiger partial charge is 0.493 e. The highest BCUT2D eigenvalue weighted by atomic mass is 32.1. The molecule has 1 aromatic heterocycles. The van der Waals surface area contributed by atoms with Gasteiger partial charge < -0.3 is 19.7 Å². The molecule has 0 spiro atoms. The summed E-state index contributed by atoms with van der Waals surface area (Å²) in [7, 11) is 3.10. The molecule has 2 aliphatic rings. The first-order valence-electron chi connectivity index (χ1n) is 11.7. The summed E-state index contributed by atoms with van der Waals surface area (Å²) in [6.45, 7) is 5.10. The molecule has 1 saturated heterocycles. The number of benzene rings is 2. The van der Waals surface area contributed by atoms with Gasteiger partial charge in [0.25, 0.3) is 11.8 Å². The highest BCUT2D eigenvalue weighted by molar-refractivity contribution is 7.15. The summed E-state index contributed by atoms with van der Waals surface area (Å²) in [6.07, 6.45) is 1.10. The van der Waals surface area contributed by atoms with E-state index < -0.39 is 0 Å². The van der Waals surface area contributed by atoms with Crippen molar-refractivity contribution >= 4 is 23.2 Å². The molecule has 2 fully saturated rings. The van der Waals surface area contributed by atoms with Gasteiger partial charge in [0.05, 0.1) is 30.1 Å². The standard InChI is InChI=1S/C27H29N3O4S/c1-15-6-5-7-17(10-15)25-24(29-16(2)35-25)27(32)30-14-19-11-20(19)21(30)13-28-26(31)18-8-9-22(33-3)23(12-18)34-4/h5-10,12,19-21H,11,13-14H2,1-4H3,(H,28,31). The highest BCUT2D eigenvalue weighted by Gasteiger charge is 2.54. The maximum Gasteiger partial charge on any atom is 0.274 e. The second kappa shape index (κ2) is 9.34. The zero-order valence-electron chi connectivity index (χ0n) is 20.3. The van der Waals surface area contributed by atoms with Crippen LogP contribution in [0.4, 0.5) is 0 Å². The first kappa shape index (κ1) is 23.4. The molecule has 2 heterocycles. The summed E-state index contributed by atoms with van der Waals surface area (Å²) in [4.78, 5) is 34.1. The number of hydrogen-bond acceptors (Lipinski definition) is 6. The maximum absolute atomic E-state index is 13.7. The summed E-state index contributed by atoms with van der Waals surface area (Å²) in [5.74, 6) is 1.75. The molecule has 1 N–H and O–H groups in total. The average Bonchev–Trinajstić information content (AvgIpc) is 3.37. The van der Waals surface area contributed by atoms with Crippen LogP contribution in [0.3, 0.4) is 0 Å². The molecular formula is C27H29N3O4S. The molecule has 2 amide bonds. The van der Waals surface area contributed by atoms with E-state index in [0.717, 1.165) is 27.4 Å². The van der Waals surface area contributed by atoms with Gasteiger partial charge in [0.15, 0.2) is 11.5 Å². The number of piperidine rings is 1. The van der Waals surface area contributed by atoms with E-state index in [1.807, 2.05) is 36.9 Å². The third kappa shape index (κ3) is 4.50. The fourth-order valence-corrected chi connectivity index (χ4v) is 5.94. The minimum atomic E-state index is -0.201. The number of rotatable bonds is 7. The fourth-order valence-electron chi connectivity index (χ4n) is 5.03. The third-order valence-corrected chi connectivity index (χ3v) is 7.92. The van der Waals surface area contributed by atoms with Crippen molar-refractivity contribution in [1.29, 1.82) is 0 Å². The Labute approximate surface area is 209 Å². The van der Waals surface area contributed by atoms with Crippen molar-refractivity contribution in [2.24, 2.45) is 11.8 Å². The number of aromatic nitrogens is 1. The molecule has 1 saturated carbocycles. The molecule has 35 heavy (non-hydrogen) atoms. The van der Waals surface area contributed by atoms with Crippen molar-refractivity contribution < 1.29 is 19.1 Å². The zero-order valence-corrected chi connectivity index (χ0v) is 21.1. The van der Waals surface area contributed by atoms with E-state index in [-0.39, 0.29) is 17.9 Å². The Kier molecular flexibility index (Phi) is 6.23. The number of hydrogen-bond donors (Lipinski definition) is 1. The summed E-state index contributed by atoms with van der Waals surface area (Å²) >= 11 is 1.55. The van der Waals surface area contributed by atoms with Gasteiger partial charge >= 0.3 is 0 Å². The Morgan fingerprint density at radius 2 is 1.91 bits per heavy atom. The Morgan fingerprint density at radius 3 is 2.66 bits per heavy atom. The van der Waals surface area contributed by atoms with Crippen molar-refractivity contribution in [3.8, 4) is 21.9 Å². The van der Waals surface area contributed by atoms with Crippen molar-refractivity contribution in [3.63, 3.8) is 0 Å². The molecule has 2 aromatic carbocycles. The van der Waals surface area contributed by atoms with Crippen molar-refractivity contribution in [1.82, 2.24) is 15.2 Å². The molecule has 3 aromatic rings. The van der Waals surface area contributed by atoms with Gasteiger partial charge in [-0.3, -0.25) is 9.59 Å². The van der Waals surface area contributed by atoms with Gasteiger partial charge in [-0.05, 0) is 55.9 Å². The van der Waals surface area contributed by atoms with Crippen LogP contribution in [0.5, 0.6) is 11.5 Å². The van der Waals surface area contributed by atoms with Gasteiger partial charge in [-0.2, -0.15) is 0 Å². The Balaban J connectivity index is 1.33. The number of carbonyl (C=O) groups excluding carboxylic acids is 2. The van der Waals surface area contributed by atoms with Crippen LogP contribution in [-0.4, -0.2) is 55.0 Å². The minimum Gasteiger partial charge on any atom is -0.493 e. The lowest BCUT2D eigenvalue weighted by Gasteiger charge is -2.27. The lowest BCUT2D eigenvalue weighted by Crippen LogP contribution is -2.45. The molecule has 0 bridgehead atoms. The fraction of sp³-hybridized carbons (Fsp3) is 0.370. The molecule has 7 nitrogen and oxygen atoms in total. The molecule has 3 unspecified atom stereocenters. The van der Waals surface area contributed by atoms with Crippen LogP contribution in [-0.2, 0) is 0 Å². The number of methoxy groups -OCH3 is 2. The van der Waals surface area contributed by atoms with Gasteiger partial charge in [0.2, 0.25) is 0 Å². The van der Waals surface area contributed by atoms with Gasteiger partial charge in [-0.15, -0.1) is 11.3 Å². The summed E-state index contributed by atoms with van der Waals surface area (Å²) in [5, 5.41) is 3.90. The van der Waals surface area contributed by atoms with Crippen LogP contribution in [0, 0.1) is 25.7 Å². The molecular weight excluding hydrogens is 462 g/mol. The van der Waals surface area contributed by atoms with Crippen molar-refractivity contribution in [2.75, 3.05) is 27.3 Å². The third-order valence-electron chi connectivity index (χ3n) is 6.90. The predicted molar refractivity (Wildman–Crippen MR) is 135 cm³/mol. The number of fused-ring (bicyclic) bond motifs is 1. The molecule has 1 aliphatic heterocycles. The van der Waals surface area contributed by atoms with E-state index in [1.165, 1.54) is 0 Å². The number of likely N-dealkylation sites (tertiary alicyclic amines) is 1. The molecule has 1 aliphatic carbocycles. The molecule has 3 atom stereocenters. The van der Waals surface area contributed by atoms with E-state index in [9.17, 15) is 9.59 Å². The SMILES string of the molecule is COc1ccc(C(=O)NCC2C3CC3CN2C(=O)c2nc(C)sc2-c2cccc(C)c2)cc1OC.